The van der Waals surface area contributed by atoms with Gasteiger partial charge < -0.3 is 10.1 Å². The minimum Gasteiger partial charge on any atom is -0.381 e. The van der Waals surface area contributed by atoms with Crippen LogP contribution in [0.2, 0.25) is 0 Å². The van der Waals surface area contributed by atoms with Gasteiger partial charge >= 0.3 is 0 Å². The summed E-state index contributed by atoms with van der Waals surface area (Å²) in [5.41, 5.74) is 0.213. The zero-order chi connectivity index (χ0) is 14.0. The topological polar surface area (TPSA) is 33.6 Å². The fraction of sp³-hybridized carbons (Fsp3) is 0.933. The molecule has 2 rings (SSSR count). The van der Waals surface area contributed by atoms with Crippen molar-refractivity contribution in [2.45, 2.75) is 64.4 Å². The smallest absolute Gasteiger partial charge is 0.157 e. The van der Waals surface area contributed by atoms with E-state index in [9.17, 15) is 0 Å². The van der Waals surface area contributed by atoms with Gasteiger partial charge in [0.05, 0.1) is 12.6 Å². The first-order valence-corrected chi connectivity index (χ1v) is 8.41. The first kappa shape index (κ1) is 15.2. The second kappa shape index (κ2) is 6.04. The van der Waals surface area contributed by atoms with E-state index in [1.807, 2.05) is 18.9 Å². The molecule has 1 aliphatic carbocycles. The van der Waals surface area contributed by atoms with Gasteiger partial charge in [-0.15, -0.1) is 0 Å². The van der Waals surface area contributed by atoms with Crippen molar-refractivity contribution >= 4 is 16.9 Å². The zero-order valence-electron chi connectivity index (χ0n) is 12.9. The van der Waals surface area contributed by atoms with Crippen LogP contribution < -0.4 is 5.32 Å². The Kier molecular flexibility index (Phi) is 4.83. The molecule has 1 heterocycles. The average molecular weight is 284 g/mol. The molecule has 0 bridgehead atoms. The van der Waals surface area contributed by atoms with E-state index < -0.39 is 0 Å². The van der Waals surface area contributed by atoms with Gasteiger partial charge in [0.15, 0.2) is 5.17 Å². The molecule has 0 aromatic heterocycles. The molecule has 1 saturated carbocycles. The van der Waals surface area contributed by atoms with Crippen LogP contribution in [0.5, 0.6) is 0 Å². The van der Waals surface area contributed by atoms with Crippen molar-refractivity contribution < 1.29 is 4.74 Å². The van der Waals surface area contributed by atoms with Gasteiger partial charge in [-0.3, -0.25) is 4.99 Å². The number of aliphatic imine (C=N–C) groups is 1. The fourth-order valence-electron chi connectivity index (χ4n) is 3.21. The molecular weight excluding hydrogens is 256 g/mol. The number of nitrogens with one attached hydrogen (secondary N) is 1. The Morgan fingerprint density at radius 2 is 2.11 bits per heavy atom. The van der Waals surface area contributed by atoms with Gasteiger partial charge in [-0.1, -0.05) is 52.3 Å². The number of amidine groups is 1. The first-order valence-electron chi connectivity index (χ1n) is 7.53. The van der Waals surface area contributed by atoms with E-state index in [4.69, 9.17) is 9.73 Å². The third-order valence-corrected chi connectivity index (χ3v) is 6.32. The Balaban J connectivity index is 1.83. The third kappa shape index (κ3) is 2.94. The monoisotopic (exact) mass is 284 g/mol. The van der Waals surface area contributed by atoms with Crippen molar-refractivity contribution in [3.05, 3.63) is 0 Å². The average Bonchev–Trinajstić information content (AvgIpc) is 2.84. The molecule has 0 spiro atoms. The predicted molar refractivity (Wildman–Crippen MR) is 83.9 cm³/mol. The van der Waals surface area contributed by atoms with Crippen molar-refractivity contribution in [3.8, 4) is 0 Å². The lowest BCUT2D eigenvalue weighted by atomic mass is 9.64. The zero-order valence-corrected chi connectivity index (χ0v) is 13.7. The summed E-state index contributed by atoms with van der Waals surface area (Å²) in [6.45, 7) is 10.1. The molecule has 1 fully saturated rings. The molecule has 0 aromatic carbocycles. The molecule has 3 atom stereocenters. The van der Waals surface area contributed by atoms with Gasteiger partial charge in [0.25, 0.3) is 0 Å². The number of ether oxygens (including phenoxy) is 1. The molecule has 0 radical (unpaired) electrons. The van der Waals surface area contributed by atoms with E-state index in [1.54, 1.807) is 0 Å². The van der Waals surface area contributed by atoms with Gasteiger partial charge in [-0.05, 0) is 12.3 Å². The summed E-state index contributed by atoms with van der Waals surface area (Å²) in [4.78, 5) is 4.70. The number of nitrogens with zero attached hydrogens (tertiary/aromatic N) is 1. The predicted octanol–water partition coefficient (Wildman–Crippen LogP) is 3.30. The van der Waals surface area contributed by atoms with Crippen molar-refractivity contribution in [2.75, 3.05) is 13.7 Å². The Bertz CT molecular complexity index is 339. The molecule has 19 heavy (non-hydrogen) atoms. The Morgan fingerprint density at radius 1 is 1.42 bits per heavy atom. The van der Waals surface area contributed by atoms with Crippen LogP contribution in [0.3, 0.4) is 0 Å². The number of methoxy groups -OCH3 is 1. The maximum atomic E-state index is 5.50. The van der Waals surface area contributed by atoms with Gasteiger partial charge in [0, 0.05) is 23.8 Å². The van der Waals surface area contributed by atoms with E-state index >= 15 is 0 Å². The molecule has 3 unspecified atom stereocenters. The van der Waals surface area contributed by atoms with Crippen LogP contribution >= 0.6 is 11.8 Å². The first-order chi connectivity index (χ1) is 9.02. The highest BCUT2D eigenvalue weighted by molar-refractivity contribution is 8.14. The van der Waals surface area contributed by atoms with Crippen LogP contribution in [0.4, 0.5) is 0 Å². The molecule has 2 aliphatic rings. The molecule has 0 saturated heterocycles. The maximum absolute atomic E-state index is 5.50. The fourth-order valence-corrected chi connectivity index (χ4v) is 4.58. The Labute approximate surface area is 122 Å². The summed E-state index contributed by atoms with van der Waals surface area (Å²) in [5.74, 6) is 0.800. The molecule has 3 nitrogen and oxygen atoms in total. The van der Waals surface area contributed by atoms with Crippen molar-refractivity contribution in [2.24, 2.45) is 16.3 Å². The van der Waals surface area contributed by atoms with Crippen molar-refractivity contribution in [1.29, 1.82) is 0 Å². The number of hydrogen-bond acceptors (Lipinski definition) is 4. The lowest BCUT2D eigenvalue weighted by molar-refractivity contribution is -0.0917. The van der Waals surface area contributed by atoms with Crippen LogP contribution in [0.15, 0.2) is 4.99 Å². The molecule has 110 valence electrons. The van der Waals surface area contributed by atoms with E-state index in [-0.39, 0.29) is 5.41 Å². The molecule has 0 amide bonds. The summed E-state index contributed by atoms with van der Waals surface area (Å²) in [5, 5.41) is 5.47. The summed E-state index contributed by atoms with van der Waals surface area (Å²) in [6.07, 6.45) is 4.00. The third-order valence-electron chi connectivity index (χ3n) is 5.01. The highest BCUT2D eigenvalue weighted by atomic mass is 32.2. The Morgan fingerprint density at radius 3 is 2.63 bits per heavy atom. The standard InChI is InChI=1S/C15H28N2OS/c1-6-10(7-2)11-9-16-14(19-11)17-12-8-13(18-5)15(12,3)4/h10-13H,6-9H2,1-5H3,(H,16,17). The summed E-state index contributed by atoms with van der Waals surface area (Å²) >= 11 is 1.95. The highest BCUT2D eigenvalue weighted by Gasteiger charge is 2.49. The summed E-state index contributed by atoms with van der Waals surface area (Å²) in [7, 11) is 1.81. The summed E-state index contributed by atoms with van der Waals surface area (Å²) in [6, 6.07) is 0.504. The SMILES string of the molecule is CCC(CC)C1CN=C(NC2CC(OC)C2(C)C)S1. The lowest BCUT2D eigenvalue weighted by Crippen LogP contribution is -2.61. The van der Waals surface area contributed by atoms with E-state index in [1.165, 1.54) is 12.8 Å². The largest absolute Gasteiger partial charge is 0.381 e. The van der Waals surface area contributed by atoms with Crippen molar-refractivity contribution in [1.82, 2.24) is 5.32 Å². The Hall–Kier alpha value is -0.220. The van der Waals surface area contributed by atoms with Crippen LogP contribution in [0.1, 0.15) is 47.0 Å². The second-order valence-electron chi connectivity index (χ2n) is 6.36. The lowest BCUT2D eigenvalue weighted by Gasteiger charge is -2.51. The number of thioether (sulfide) groups is 1. The van der Waals surface area contributed by atoms with E-state index in [0.29, 0.717) is 17.4 Å². The van der Waals surface area contributed by atoms with Gasteiger partial charge in [0.2, 0.25) is 0 Å². The van der Waals surface area contributed by atoms with Crippen LogP contribution in [0, 0.1) is 11.3 Å². The molecule has 0 aromatic rings. The van der Waals surface area contributed by atoms with Gasteiger partial charge in [-0.2, -0.15) is 0 Å². The minimum atomic E-state index is 0.213. The molecular formula is C15H28N2OS. The number of hydrogen-bond donors (Lipinski definition) is 1. The summed E-state index contributed by atoms with van der Waals surface area (Å²) < 4.78 is 5.50. The van der Waals surface area contributed by atoms with Crippen LogP contribution in [0.25, 0.3) is 0 Å². The van der Waals surface area contributed by atoms with Crippen LogP contribution in [-0.4, -0.2) is 36.2 Å². The number of rotatable bonds is 5. The minimum absolute atomic E-state index is 0.213. The molecule has 1 N–H and O–H groups in total. The molecule has 4 heteroatoms. The second-order valence-corrected chi connectivity index (χ2v) is 7.58. The van der Waals surface area contributed by atoms with Gasteiger partial charge in [0.1, 0.15) is 0 Å². The maximum Gasteiger partial charge on any atom is 0.157 e. The normalized spacial score (nSPS) is 33.2. The van der Waals surface area contributed by atoms with E-state index in [2.05, 4.69) is 33.0 Å². The van der Waals surface area contributed by atoms with Crippen LogP contribution in [-0.2, 0) is 4.74 Å². The van der Waals surface area contributed by atoms with Crippen molar-refractivity contribution in [3.63, 3.8) is 0 Å². The highest BCUT2D eigenvalue weighted by Crippen LogP contribution is 2.43. The quantitative estimate of drug-likeness (QED) is 0.841. The van der Waals surface area contributed by atoms with E-state index in [0.717, 1.165) is 24.1 Å². The van der Waals surface area contributed by atoms with Gasteiger partial charge in [-0.25, -0.2) is 0 Å². The molecule has 1 aliphatic heterocycles.